The summed E-state index contributed by atoms with van der Waals surface area (Å²) in [7, 11) is 0. The first-order valence-corrected chi connectivity index (χ1v) is 7.75. The van der Waals surface area contributed by atoms with Crippen molar-refractivity contribution in [2.75, 3.05) is 0 Å². The molecule has 3 nitrogen and oxygen atoms in total. The van der Waals surface area contributed by atoms with E-state index in [2.05, 4.69) is 4.99 Å². The van der Waals surface area contributed by atoms with Gasteiger partial charge in [0.2, 0.25) is 5.90 Å². The van der Waals surface area contributed by atoms with Gasteiger partial charge >= 0.3 is 5.97 Å². The van der Waals surface area contributed by atoms with E-state index in [0.29, 0.717) is 15.6 Å². The maximum Gasteiger partial charge on any atom is 0.363 e. The van der Waals surface area contributed by atoms with Gasteiger partial charge in [0.1, 0.15) is 0 Å². The van der Waals surface area contributed by atoms with Crippen molar-refractivity contribution in [3.63, 3.8) is 0 Å². The third-order valence-electron chi connectivity index (χ3n) is 3.51. The molecule has 23 heavy (non-hydrogen) atoms. The monoisotopic (exact) mass is 345 g/mol. The molecule has 0 saturated carbocycles. The van der Waals surface area contributed by atoms with Gasteiger partial charge in [0.05, 0.1) is 10.6 Å². The van der Waals surface area contributed by atoms with Crippen LogP contribution in [-0.2, 0) is 9.53 Å². The molecule has 0 fully saturated rings. The highest BCUT2D eigenvalue weighted by atomic mass is 35.5. The number of aryl methyl sites for hydroxylation is 2. The minimum Gasteiger partial charge on any atom is -0.402 e. The average molecular weight is 346 g/mol. The number of carbonyl (C=O) groups is 1. The molecule has 0 aromatic heterocycles. The van der Waals surface area contributed by atoms with Crippen LogP contribution in [0.3, 0.4) is 0 Å². The molecule has 2 aromatic rings. The van der Waals surface area contributed by atoms with Crippen molar-refractivity contribution in [2.45, 2.75) is 13.8 Å². The second kappa shape index (κ2) is 6.19. The molecule has 0 saturated heterocycles. The molecular formula is C18H13Cl2NO2. The van der Waals surface area contributed by atoms with Crippen LogP contribution < -0.4 is 0 Å². The highest BCUT2D eigenvalue weighted by Gasteiger charge is 2.25. The molecule has 2 aromatic carbocycles. The maximum absolute atomic E-state index is 12.1. The maximum atomic E-state index is 12.1. The van der Waals surface area contributed by atoms with Gasteiger partial charge in [-0.2, -0.15) is 0 Å². The number of halogens is 2. The Morgan fingerprint density at radius 1 is 1.09 bits per heavy atom. The van der Waals surface area contributed by atoms with Crippen LogP contribution in [0, 0.1) is 13.8 Å². The Hall–Kier alpha value is -2.10. The number of hydrogen-bond donors (Lipinski definition) is 0. The molecule has 1 aliphatic rings. The zero-order valence-corrected chi connectivity index (χ0v) is 14.1. The summed E-state index contributed by atoms with van der Waals surface area (Å²) in [6, 6.07) is 11.0. The molecule has 0 bridgehead atoms. The van der Waals surface area contributed by atoms with Crippen molar-refractivity contribution in [3.05, 3.63) is 74.4 Å². The number of esters is 1. The van der Waals surface area contributed by atoms with E-state index in [1.165, 1.54) is 0 Å². The Bertz CT molecular complexity index is 869. The zero-order valence-electron chi connectivity index (χ0n) is 12.6. The first kappa shape index (κ1) is 15.8. The number of benzene rings is 2. The lowest BCUT2D eigenvalue weighted by atomic mass is 10.0. The molecule has 0 amide bonds. The summed E-state index contributed by atoms with van der Waals surface area (Å²) in [6.07, 6.45) is 1.72. The Balaban J connectivity index is 2.01. The standard InChI is InChI=1S/C18H13Cl2NO2/c1-10-3-4-11(2)12(7-10)8-16-18(22)23-17(21-16)14-6-5-13(19)9-15(14)20/h3-9H,1-2H3/b16-8+. The number of hydrogen-bond acceptors (Lipinski definition) is 3. The number of ether oxygens (including phenoxy) is 1. The molecule has 0 radical (unpaired) electrons. The summed E-state index contributed by atoms with van der Waals surface area (Å²) < 4.78 is 5.24. The van der Waals surface area contributed by atoms with Crippen molar-refractivity contribution >= 4 is 41.1 Å². The van der Waals surface area contributed by atoms with Crippen molar-refractivity contribution in [1.82, 2.24) is 0 Å². The van der Waals surface area contributed by atoms with E-state index in [1.54, 1.807) is 24.3 Å². The first-order valence-electron chi connectivity index (χ1n) is 6.99. The Kier molecular flexibility index (Phi) is 4.24. The van der Waals surface area contributed by atoms with Crippen LogP contribution in [0.25, 0.3) is 6.08 Å². The molecule has 0 unspecified atom stereocenters. The van der Waals surface area contributed by atoms with E-state index >= 15 is 0 Å². The topological polar surface area (TPSA) is 38.7 Å². The summed E-state index contributed by atoms with van der Waals surface area (Å²) in [5.41, 5.74) is 3.89. The molecule has 5 heteroatoms. The Morgan fingerprint density at radius 2 is 1.87 bits per heavy atom. The summed E-state index contributed by atoms with van der Waals surface area (Å²) in [4.78, 5) is 16.3. The van der Waals surface area contributed by atoms with Gasteiger partial charge in [-0.3, -0.25) is 0 Å². The quantitative estimate of drug-likeness (QED) is 0.570. The van der Waals surface area contributed by atoms with Gasteiger partial charge < -0.3 is 4.74 Å². The fraction of sp³-hybridized carbons (Fsp3) is 0.111. The smallest absolute Gasteiger partial charge is 0.363 e. The van der Waals surface area contributed by atoms with Crippen LogP contribution in [-0.4, -0.2) is 11.9 Å². The summed E-state index contributed by atoms with van der Waals surface area (Å²) in [5.74, 6) is -0.305. The second-order valence-electron chi connectivity index (χ2n) is 5.32. The van der Waals surface area contributed by atoms with E-state index in [4.69, 9.17) is 27.9 Å². The molecule has 116 valence electrons. The lowest BCUT2D eigenvalue weighted by Gasteiger charge is -2.02. The molecule has 1 aliphatic heterocycles. The molecule has 0 atom stereocenters. The fourth-order valence-corrected chi connectivity index (χ4v) is 2.74. The van der Waals surface area contributed by atoms with Gasteiger partial charge in [-0.1, -0.05) is 47.0 Å². The van der Waals surface area contributed by atoms with Crippen LogP contribution in [0.5, 0.6) is 0 Å². The molecule has 1 heterocycles. The third-order valence-corrected chi connectivity index (χ3v) is 4.06. The van der Waals surface area contributed by atoms with Crippen LogP contribution >= 0.6 is 23.2 Å². The van der Waals surface area contributed by atoms with Gasteiger partial charge in [0, 0.05) is 5.02 Å². The van der Waals surface area contributed by atoms with Gasteiger partial charge in [-0.15, -0.1) is 0 Å². The van der Waals surface area contributed by atoms with E-state index < -0.39 is 5.97 Å². The van der Waals surface area contributed by atoms with Gasteiger partial charge in [0.25, 0.3) is 0 Å². The SMILES string of the molecule is Cc1ccc(C)c(/C=C2/N=C(c3ccc(Cl)cc3Cl)OC2=O)c1. The number of nitrogens with zero attached hydrogens (tertiary/aromatic N) is 1. The third kappa shape index (κ3) is 3.31. The van der Waals surface area contributed by atoms with Gasteiger partial charge in [-0.05, 0) is 49.2 Å². The minimum atomic E-state index is -0.494. The average Bonchev–Trinajstić information content (AvgIpc) is 2.84. The van der Waals surface area contributed by atoms with Gasteiger partial charge in [-0.25, -0.2) is 9.79 Å². The number of carbonyl (C=O) groups excluding carboxylic acids is 1. The Morgan fingerprint density at radius 3 is 2.61 bits per heavy atom. The number of cyclic esters (lactones) is 1. The normalized spacial score (nSPS) is 15.7. The van der Waals surface area contributed by atoms with E-state index in [1.807, 2.05) is 32.0 Å². The number of aliphatic imine (C=N–C) groups is 1. The number of rotatable bonds is 2. The van der Waals surface area contributed by atoms with E-state index in [9.17, 15) is 4.79 Å². The summed E-state index contributed by atoms with van der Waals surface area (Å²) in [5, 5.41) is 0.895. The Labute approximate surface area is 144 Å². The van der Waals surface area contributed by atoms with E-state index in [-0.39, 0.29) is 11.6 Å². The van der Waals surface area contributed by atoms with Crippen LogP contribution in [0.1, 0.15) is 22.3 Å². The highest BCUT2D eigenvalue weighted by molar-refractivity contribution is 6.37. The molecule has 3 rings (SSSR count). The summed E-state index contributed by atoms with van der Waals surface area (Å²) >= 11 is 12.0. The van der Waals surface area contributed by atoms with E-state index in [0.717, 1.165) is 16.7 Å². The zero-order chi connectivity index (χ0) is 16.6. The predicted molar refractivity (Wildman–Crippen MR) is 93.0 cm³/mol. The van der Waals surface area contributed by atoms with Crippen molar-refractivity contribution in [1.29, 1.82) is 0 Å². The highest BCUT2D eigenvalue weighted by Crippen LogP contribution is 2.26. The van der Waals surface area contributed by atoms with Crippen molar-refractivity contribution < 1.29 is 9.53 Å². The largest absolute Gasteiger partial charge is 0.402 e. The lowest BCUT2D eigenvalue weighted by Crippen LogP contribution is -2.05. The first-order chi connectivity index (χ1) is 10.9. The molecule has 0 N–H and O–H groups in total. The van der Waals surface area contributed by atoms with Crippen LogP contribution in [0.15, 0.2) is 47.1 Å². The summed E-state index contributed by atoms with van der Waals surface area (Å²) in [6.45, 7) is 3.98. The lowest BCUT2D eigenvalue weighted by molar-refractivity contribution is -0.129. The van der Waals surface area contributed by atoms with Crippen LogP contribution in [0.2, 0.25) is 10.0 Å². The van der Waals surface area contributed by atoms with Gasteiger partial charge in [0.15, 0.2) is 5.70 Å². The molecule has 0 spiro atoms. The van der Waals surface area contributed by atoms with Crippen molar-refractivity contribution in [3.8, 4) is 0 Å². The fourth-order valence-electron chi connectivity index (χ4n) is 2.25. The molecular weight excluding hydrogens is 333 g/mol. The molecule has 0 aliphatic carbocycles. The van der Waals surface area contributed by atoms with Crippen LogP contribution in [0.4, 0.5) is 0 Å². The van der Waals surface area contributed by atoms with Crippen molar-refractivity contribution in [2.24, 2.45) is 4.99 Å². The minimum absolute atomic E-state index is 0.188. The predicted octanol–water partition coefficient (Wildman–Crippen LogP) is 4.95. The second-order valence-corrected chi connectivity index (χ2v) is 6.16.